The van der Waals surface area contributed by atoms with E-state index >= 15 is 0 Å². The van der Waals surface area contributed by atoms with Crippen LogP contribution in [-0.2, 0) is 0 Å². The minimum absolute atomic E-state index is 0.631. The number of nitrogens with zero attached hydrogens (tertiary/aromatic N) is 3. The fraction of sp³-hybridized carbons (Fsp3) is 0.714. The molecule has 0 aliphatic carbocycles. The highest BCUT2D eigenvalue weighted by molar-refractivity contribution is 5.27. The molecule has 0 radical (unpaired) electrons. The number of nitrogens with one attached hydrogen (secondary N) is 1. The van der Waals surface area contributed by atoms with Crippen molar-refractivity contribution in [3.63, 3.8) is 0 Å². The second kappa shape index (κ2) is 7.28. The van der Waals surface area contributed by atoms with Crippen LogP contribution in [-0.4, -0.2) is 47.7 Å². The van der Waals surface area contributed by atoms with Gasteiger partial charge in [0, 0.05) is 18.8 Å². The number of rotatable bonds is 6. The Morgan fingerprint density at radius 2 is 2.16 bits per heavy atom. The molecular weight excluding hydrogens is 240 g/mol. The Labute approximate surface area is 115 Å². The molecule has 106 valence electrons. The van der Waals surface area contributed by atoms with Crippen LogP contribution in [0, 0.1) is 5.92 Å². The summed E-state index contributed by atoms with van der Waals surface area (Å²) in [5, 5.41) is 3.33. The molecule has 0 amide bonds. The topological polar surface area (TPSA) is 50.3 Å². The summed E-state index contributed by atoms with van der Waals surface area (Å²) >= 11 is 0. The normalized spacial score (nSPS) is 17.4. The Hall–Kier alpha value is -1.36. The lowest BCUT2D eigenvalue weighted by Gasteiger charge is -2.31. The van der Waals surface area contributed by atoms with Crippen LogP contribution in [0.15, 0.2) is 12.3 Å². The Balaban J connectivity index is 1.77. The summed E-state index contributed by atoms with van der Waals surface area (Å²) in [6, 6.07) is 1.79. The molecule has 0 bridgehead atoms. The zero-order chi connectivity index (χ0) is 13.5. The van der Waals surface area contributed by atoms with Crippen molar-refractivity contribution in [2.75, 3.05) is 38.1 Å². The Bertz CT molecular complexity index is 377. The summed E-state index contributed by atoms with van der Waals surface area (Å²) in [5.41, 5.74) is 0. The second-order valence-corrected chi connectivity index (χ2v) is 4.91. The lowest BCUT2D eigenvalue weighted by Crippen LogP contribution is -2.35. The number of likely N-dealkylation sites (tertiary alicyclic amines) is 1. The summed E-state index contributed by atoms with van der Waals surface area (Å²) in [4.78, 5) is 11.1. The van der Waals surface area contributed by atoms with E-state index in [9.17, 15) is 0 Å². The maximum absolute atomic E-state index is 5.37. The summed E-state index contributed by atoms with van der Waals surface area (Å²) < 4.78 is 5.37. The van der Waals surface area contributed by atoms with Gasteiger partial charge >= 0.3 is 0 Å². The van der Waals surface area contributed by atoms with Crippen LogP contribution in [0.5, 0.6) is 5.88 Å². The quantitative estimate of drug-likeness (QED) is 0.852. The average Bonchev–Trinajstić information content (AvgIpc) is 2.46. The van der Waals surface area contributed by atoms with Gasteiger partial charge in [-0.1, -0.05) is 6.92 Å². The highest BCUT2D eigenvalue weighted by atomic mass is 16.5. The van der Waals surface area contributed by atoms with Gasteiger partial charge in [0.05, 0.1) is 6.61 Å². The molecule has 5 heteroatoms. The van der Waals surface area contributed by atoms with Gasteiger partial charge in [-0.15, -0.1) is 0 Å². The van der Waals surface area contributed by atoms with Gasteiger partial charge in [-0.3, -0.25) is 0 Å². The van der Waals surface area contributed by atoms with Gasteiger partial charge in [0.2, 0.25) is 11.8 Å². The standard InChI is InChI=1S/C14H24N4O/c1-3-18-9-6-12(7-10-18)11-16-14-15-8-5-13(17-14)19-4-2/h5,8,12H,3-4,6-7,9-11H2,1-2H3,(H,15,16,17). The first-order valence-corrected chi connectivity index (χ1v) is 7.24. The van der Waals surface area contributed by atoms with Gasteiger partial charge in [0.1, 0.15) is 0 Å². The predicted molar refractivity (Wildman–Crippen MR) is 76.5 cm³/mol. The first-order valence-electron chi connectivity index (χ1n) is 7.24. The van der Waals surface area contributed by atoms with Crippen molar-refractivity contribution in [2.45, 2.75) is 26.7 Å². The van der Waals surface area contributed by atoms with Gasteiger partial charge in [-0.25, -0.2) is 4.98 Å². The molecule has 0 aromatic carbocycles. The molecule has 0 unspecified atom stereocenters. The monoisotopic (exact) mass is 264 g/mol. The summed E-state index contributed by atoms with van der Waals surface area (Å²) in [6.07, 6.45) is 4.25. The van der Waals surface area contributed by atoms with E-state index in [0.717, 1.165) is 12.5 Å². The molecule has 1 aliphatic rings. The first-order chi connectivity index (χ1) is 9.31. The first kappa shape index (κ1) is 14.1. The Kier molecular flexibility index (Phi) is 5.39. The van der Waals surface area contributed by atoms with E-state index in [1.165, 1.54) is 32.5 Å². The van der Waals surface area contributed by atoms with Crippen molar-refractivity contribution in [1.29, 1.82) is 0 Å². The molecule has 1 saturated heterocycles. The molecule has 1 N–H and O–H groups in total. The van der Waals surface area contributed by atoms with Crippen molar-refractivity contribution < 1.29 is 4.74 Å². The van der Waals surface area contributed by atoms with Crippen LogP contribution in [0.2, 0.25) is 0 Å². The van der Waals surface area contributed by atoms with E-state index < -0.39 is 0 Å². The van der Waals surface area contributed by atoms with Crippen molar-refractivity contribution >= 4 is 5.95 Å². The molecule has 19 heavy (non-hydrogen) atoms. The molecule has 0 atom stereocenters. The maximum Gasteiger partial charge on any atom is 0.225 e. The largest absolute Gasteiger partial charge is 0.478 e. The van der Waals surface area contributed by atoms with Crippen molar-refractivity contribution in [1.82, 2.24) is 14.9 Å². The van der Waals surface area contributed by atoms with Crippen LogP contribution in [0.4, 0.5) is 5.95 Å². The molecular formula is C14H24N4O. The van der Waals surface area contributed by atoms with E-state index in [1.807, 2.05) is 6.92 Å². The van der Waals surface area contributed by atoms with Gasteiger partial charge in [0.25, 0.3) is 0 Å². The van der Waals surface area contributed by atoms with Crippen LogP contribution in [0.25, 0.3) is 0 Å². The van der Waals surface area contributed by atoms with E-state index in [4.69, 9.17) is 4.74 Å². The molecule has 2 heterocycles. The minimum Gasteiger partial charge on any atom is -0.478 e. The SMILES string of the molecule is CCOc1ccnc(NCC2CCN(CC)CC2)n1. The molecule has 1 aliphatic heterocycles. The van der Waals surface area contributed by atoms with E-state index in [1.54, 1.807) is 12.3 Å². The fourth-order valence-electron chi connectivity index (χ4n) is 2.40. The lowest BCUT2D eigenvalue weighted by molar-refractivity contribution is 0.198. The molecule has 1 fully saturated rings. The Morgan fingerprint density at radius 1 is 1.37 bits per heavy atom. The number of anilines is 1. The van der Waals surface area contributed by atoms with Gasteiger partial charge in [-0.2, -0.15) is 4.98 Å². The van der Waals surface area contributed by atoms with E-state index in [0.29, 0.717) is 18.4 Å². The zero-order valence-electron chi connectivity index (χ0n) is 11.9. The number of piperidine rings is 1. The predicted octanol–water partition coefficient (Wildman–Crippen LogP) is 2.02. The van der Waals surface area contributed by atoms with Crippen LogP contribution in [0.3, 0.4) is 0 Å². The number of hydrogen-bond donors (Lipinski definition) is 1. The second-order valence-electron chi connectivity index (χ2n) is 4.91. The third-order valence-corrected chi connectivity index (χ3v) is 3.63. The average molecular weight is 264 g/mol. The molecule has 0 saturated carbocycles. The summed E-state index contributed by atoms with van der Waals surface area (Å²) in [6.45, 7) is 9.35. The summed E-state index contributed by atoms with van der Waals surface area (Å²) in [7, 11) is 0. The van der Waals surface area contributed by atoms with Gasteiger partial charge in [-0.05, 0) is 45.3 Å². The maximum atomic E-state index is 5.37. The molecule has 1 aromatic heterocycles. The van der Waals surface area contributed by atoms with Gasteiger partial charge < -0.3 is 15.0 Å². The van der Waals surface area contributed by atoms with Crippen molar-refractivity contribution in [3.05, 3.63) is 12.3 Å². The highest BCUT2D eigenvalue weighted by Crippen LogP contribution is 2.17. The van der Waals surface area contributed by atoms with Crippen LogP contribution < -0.4 is 10.1 Å². The van der Waals surface area contributed by atoms with Crippen molar-refractivity contribution in [3.8, 4) is 5.88 Å². The van der Waals surface area contributed by atoms with Crippen molar-refractivity contribution in [2.24, 2.45) is 5.92 Å². The van der Waals surface area contributed by atoms with E-state index in [2.05, 4.69) is 27.1 Å². The zero-order valence-corrected chi connectivity index (χ0v) is 11.9. The molecule has 1 aromatic rings. The van der Waals surface area contributed by atoms with Crippen LogP contribution >= 0.6 is 0 Å². The fourth-order valence-corrected chi connectivity index (χ4v) is 2.40. The molecule has 0 spiro atoms. The molecule has 2 rings (SSSR count). The number of aromatic nitrogens is 2. The highest BCUT2D eigenvalue weighted by Gasteiger charge is 2.17. The smallest absolute Gasteiger partial charge is 0.225 e. The molecule has 5 nitrogen and oxygen atoms in total. The third kappa shape index (κ3) is 4.35. The number of hydrogen-bond acceptors (Lipinski definition) is 5. The third-order valence-electron chi connectivity index (χ3n) is 3.63. The lowest BCUT2D eigenvalue weighted by atomic mass is 9.97. The van der Waals surface area contributed by atoms with E-state index in [-0.39, 0.29) is 0 Å². The number of ether oxygens (including phenoxy) is 1. The van der Waals surface area contributed by atoms with Crippen LogP contribution in [0.1, 0.15) is 26.7 Å². The van der Waals surface area contributed by atoms with Gasteiger partial charge in [0.15, 0.2) is 0 Å². The Morgan fingerprint density at radius 3 is 2.84 bits per heavy atom. The minimum atomic E-state index is 0.631. The summed E-state index contributed by atoms with van der Waals surface area (Å²) in [5.74, 6) is 2.03.